The van der Waals surface area contributed by atoms with Gasteiger partial charge in [0.15, 0.2) is 9.84 Å². The third-order valence-corrected chi connectivity index (χ3v) is 6.40. The van der Waals surface area contributed by atoms with E-state index >= 15 is 0 Å². The predicted molar refractivity (Wildman–Crippen MR) is 104 cm³/mol. The van der Waals surface area contributed by atoms with Crippen molar-refractivity contribution >= 4 is 38.9 Å². The van der Waals surface area contributed by atoms with E-state index in [1.807, 2.05) is 11.8 Å². The Morgan fingerprint density at radius 3 is 2.65 bits per heavy atom. The summed E-state index contributed by atoms with van der Waals surface area (Å²) in [5.41, 5.74) is 1.11. The molecule has 1 aliphatic heterocycles. The first-order valence-electron chi connectivity index (χ1n) is 8.38. The second kappa shape index (κ2) is 7.63. The predicted octanol–water partition coefficient (Wildman–Crippen LogP) is 3.00. The molecule has 1 atom stereocenters. The van der Waals surface area contributed by atoms with Gasteiger partial charge in [-0.25, -0.2) is 13.4 Å². The fourth-order valence-electron chi connectivity index (χ4n) is 3.08. The van der Waals surface area contributed by atoms with Crippen molar-refractivity contribution in [3.05, 3.63) is 53.2 Å². The number of rotatable bonds is 5. The fraction of sp³-hybridized carbons (Fsp3) is 0.333. The molecular weight excluding hydrogens is 374 g/mol. The third-order valence-electron chi connectivity index (χ3n) is 4.39. The topological polar surface area (TPSA) is 79.4 Å². The molecule has 138 valence electrons. The van der Waals surface area contributed by atoms with Crippen LogP contribution < -0.4 is 10.2 Å². The normalized spacial score (nSPS) is 18.5. The Bertz CT molecular complexity index is 900. The largest absolute Gasteiger partial charge is 0.353 e. The van der Waals surface area contributed by atoms with Crippen molar-refractivity contribution < 1.29 is 13.2 Å². The second-order valence-electron chi connectivity index (χ2n) is 6.21. The molecule has 3 rings (SSSR count). The first kappa shape index (κ1) is 18.7. The Morgan fingerprint density at radius 1 is 1.31 bits per heavy atom. The number of amides is 1. The summed E-state index contributed by atoms with van der Waals surface area (Å²) in [4.78, 5) is 18.8. The van der Waals surface area contributed by atoms with Crippen molar-refractivity contribution in [2.24, 2.45) is 0 Å². The first-order valence-corrected chi connectivity index (χ1v) is 10.6. The maximum Gasteiger partial charge on any atom is 0.255 e. The molecule has 1 aromatic heterocycles. The smallest absolute Gasteiger partial charge is 0.255 e. The van der Waals surface area contributed by atoms with Gasteiger partial charge in [0.25, 0.3) is 5.91 Å². The molecule has 8 heteroatoms. The van der Waals surface area contributed by atoms with E-state index < -0.39 is 9.84 Å². The number of hydrogen-bond donors (Lipinski definition) is 1. The van der Waals surface area contributed by atoms with Crippen LogP contribution in [0.1, 0.15) is 23.7 Å². The van der Waals surface area contributed by atoms with Gasteiger partial charge in [0, 0.05) is 35.1 Å². The number of carbonyl (C=O) groups excluding carboxylic acids is 1. The lowest BCUT2D eigenvalue weighted by Crippen LogP contribution is -2.36. The van der Waals surface area contributed by atoms with E-state index in [0.29, 0.717) is 35.1 Å². The van der Waals surface area contributed by atoms with E-state index in [9.17, 15) is 13.2 Å². The lowest BCUT2D eigenvalue weighted by atomic mass is 10.2. The highest BCUT2D eigenvalue weighted by molar-refractivity contribution is 7.91. The van der Waals surface area contributed by atoms with Crippen molar-refractivity contribution in [3.8, 4) is 0 Å². The number of pyridine rings is 1. The summed E-state index contributed by atoms with van der Waals surface area (Å²) >= 11 is 5.85. The Morgan fingerprint density at radius 2 is 2.04 bits per heavy atom. The summed E-state index contributed by atoms with van der Waals surface area (Å²) in [5, 5.41) is 3.41. The van der Waals surface area contributed by atoms with Gasteiger partial charge in [-0.15, -0.1) is 0 Å². The van der Waals surface area contributed by atoms with Crippen molar-refractivity contribution in [2.45, 2.75) is 19.4 Å². The standard InChI is InChI=1S/C18H20ClN3O3S/c1-2-22(16-8-10-26(24,25)12-16)17-11-13(7-9-20-17)18(23)21-15-5-3-14(19)4-6-15/h3-7,9,11,16H,2,8,10,12H2,1H3,(H,21,23). The average molecular weight is 394 g/mol. The number of aromatic nitrogens is 1. The number of benzene rings is 1. The zero-order valence-corrected chi connectivity index (χ0v) is 15.9. The molecule has 1 saturated heterocycles. The van der Waals surface area contributed by atoms with Gasteiger partial charge in [-0.1, -0.05) is 11.6 Å². The van der Waals surface area contributed by atoms with E-state index in [0.717, 1.165) is 0 Å². The summed E-state index contributed by atoms with van der Waals surface area (Å²) in [5.74, 6) is 0.679. The first-order chi connectivity index (χ1) is 12.4. The van der Waals surface area contributed by atoms with E-state index in [-0.39, 0.29) is 23.5 Å². The van der Waals surface area contributed by atoms with Gasteiger partial charge in [-0.05, 0) is 49.7 Å². The maximum atomic E-state index is 12.5. The van der Waals surface area contributed by atoms with Crippen LogP contribution in [0.5, 0.6) is 0 Å². The second-order valence-corrected chi connectivity index (χ2v) is 8.87. The molecule has 2 heterocycles. The Balaban J connectivity index is 1.78. The highest BCUT2D eigenvalue weighted by atomic mass is 35.5. The minimum atomic E-state index is -2.99. The zero-order chi connectivity index (χ0) is 18.7. The number of halogens is 1. The molecule has 0 aliphatic carbocycles. The quantitative estimate of drug-likeness (QED) is 0.844. The molecule has 0 radical (unpaired) electrons. The van der Waals surface area contributed by atoms with Crippen LogP contribution in [0.25, 0.3) is 0 Å². The number of sulfone groups is 1. The van der Waals surface area contributed by atoms with Gasteiger partial charge in [0.05, 0.1) is 11.5 Å². The van der Waals surface area contributed by atoms with Gasteiger partial charge < -0.3 is 10.2 Å². The van der Waals surface area contributed by atoms with Crippen LogP contribution in [0.15, 0.2) is 42.6 Å². The molecule has 1 aromatic carbocycles. The highest BCUT2D eigenvalue weighted by Crippen LogP contribution is 2.23. The molecule has 1 N–H and O–H groups in total. The van der Waals surface area contributed by atoms with E-state index in [4.69, 9.17) is 11.6 Å². The van der Waals surface area contributed by atoms with Crippen molar-refractivity contribution in [1.82, 2.24) is 4.98 Å². The molecule has 6 nitrogen and oxygen atoms in total. The maximum absolute atomic E-state index is 12.5. The molecule has 0 spiro atoms. The monoisotopic (exact) mass is 393 g/mol. The van der Waals surface area contributed by atoms with E-state index in [1.165, 1.54) is 0 Å². The minimum absolute atomic E-state index is 0.105. The summed E-state index contributed by atoms with van der Waals surface area (Å²) in [7, 11) is -2.99. The highest BCUT2D eigenvalue weighted by Gasteiger charge is 2.32. The molecule has 0 saturated carbocycles. The molecule has 1 amide bonds. The van der Waals surface area contributed by atoms with Gasteiger partial charge >= 0.3 is 0 Å². The molecular formula is C18H20ClN3O3S. The van der Waals surface area contributed by atoms with Crippen LogP contribution in [0.4, 0.5) is 11.5 Å². The summed E-state index contributed by atoms with van der Waals surface area (Å²) in [6.07, 6.45) is 2.15. The molecule has 1 aliphatic rings. The molecule has 1 fully saturated rings. The molecule has 0 bridgehead atoms. The Labute approximate surface area is 158 Å². The van der Waals surface area contributed by atoms with Crippen LogP contribution in [-0.2, 0) is 9.84 Å². The van der Waals surface area contributed by atoms with Crippen molar-refractivity contribution in [1.29, 1.82) is 0 Å². The average Bonchev–Trinajstić information content (AvgIpc) is 2.97. The van der Waals surface area contributed by atoms with Gasteiger partial charge in [-0.3, -0.25) is 4.79 Å². The van der Waals surface area contributed by atoms with Crippen LogP contribution in [0.3, 0.4) is 0 Å². The summed E-state index contributed by atoms with van der Waals surface area (Å²) in [6.45, 7) is 2.57. The van der Waals surface area contributed by atoms with Gasteiger partial charge in [0.2, 0.25) is 0 Å². The minimum Gasteiger partial charge on any atom is -0.353 e. The molecule has 26 heavy (non-hydrogen) atoms. The zero-order valence-electron chi connectivity index (χ0n) is 14.4. The number of nitrogens with one attached hydrogen (secondary N) is 1. The SMILES string of the molecule is CCN(c1cc(C(=O)Nc2ccc(Cl)cc2)ccn1)C1CCS(=O)(=O)C1. The number of anilines is 2. The van der Waals surface area contributed by atoms with Crippen LogP contribution in [0.2, 0.25) is 5.02 Å². The number of nitrogens with zero attached hydrogens (tertiary/aromatic N) is 2. The molecule has 2 aromatic rings. The Hall–Kier alpha value is -2.12. The van der Waals surface area contributed by atoms with Crippen LogP contribution in [0, 0.1) is 0 Å². The number of carbonyl (C=O) groups is 1. The summed E-state index contributed by atoms with van der Waals surface area (Å²) < 4.78 is 23.5. The summed E-state index contributed by atoms with van der Waals surface area (Å²) in [6, 6.07) is 10.1. The van der Waals surface area contributed by atoms with Crippen molar-refractivity contribution in [3.63, 3.8) is 0 Å². The molecule has 1 unspecified atom stereocenters. The Kier molecular flexibility index (Phi) is 5.48. The van der Waals surface area contributed by atoms with E-state index in [2.05, 4.69) is 10.3 Å². The third kappa shape index (κ3) is 4.34. The van der Waals surface area contributed by atoms with Gasteiger partial charge in [0.1, 0.15) is 5.82 Å². The van der Waals surface area contributed by atoms with Crippen LogP contribution in [-0.4, -0.2) is 43.4 Å². The lowest BCUT2D eigenvalue weighted by molar-refractivity contribution is 0.102. The fourth-order valence-corrected chi connectivity index (χ4v) is 4.94. The van der Waals surface area contributed by atoms with E-state index in [1.54, 1.807) is 42.6 Å². The van der Waals surface area contributed by atoms with Crippen LogP contribution >= 0.6 is 11.6 Å². The lowest BCUT2D eigenvalue weighted by Gasteiger charge is -2.28. The van der Waals surface area contributed by atoms with Crippen molar-refractivity contribution in [2.75, 3.05) is 28.3 Å². The number of hydrogen-bond acceptors (Lipinski definition) is 5. The van der Waals surface area contributed by atoms with Gasteiger partial charge in [-0.2, -0.15) is 0 Å².